The zero-order valence-corrected chi connectivity index (χ0v) is 15.8. The second kappa shape index (κ2) is 7.64. The number of para-hydroxylation sites is 1. The Morgan fingerprint density at radius 2 is 2.04 bits per heavy atom. The number of amides is 1. The fraction of sp³-hybridized carbons (Fsp3) is 0.238. The Morgan fingerprint density at radius 1 is 1.18 bits per heavy atom. The summed E-state index contributed by atoms with van der Waals surface area (Å²) in [5.41, 5.74) is 3.43. The van der Waals surface area contributed by atoms with Gasteiger partial charge in [-0.05, 0) is 25.5 Å². The van der Waals surface area contributed by atoms with Crippen molar-refractivity contribution in [1.29, 1.82) is 0 Å². The predicted octanol–water partition coefficient (Wildman–Crippen LogP) is 3.59. The highest BCUT2D eigenvalue weighted by molar-refractivity contribution is 5.92. The van der Waals surface area contributed by atoms with Gasteiger partial charge in [0.05, 0.1) is 5.52 Å². The van der Waals surface area contributed by atoms with E-state index in [1.165, 1.54) is 0 Å². The summed E-state index contributed by atoms with van der Waals surface area (Å²) < 4.78 is 7.17. The maximum atomic E-state index is 12.2. The van der Waals surface area contributed by atoms with E-state index in [1.54, 1.807) is 4.68 Å². The van der Waals surface area contributed by atoms with E-state index in [-0.39, 0.29) is 12.5 Å². The number of nitrogens with one attached hydrogen (secondary N) is 1. The summed E-state index contributed by atoms with van der Waals surface area (Å²) in [4.78, 5) is 16.7. The molecule has 0 saturated heterocycles. The molecule has 1 N–H and O–H groups in total. The van der Waals surface area contributed by atoms with E-state index in [4.69, 9.17) is 4.52 Å². The minimum absolute atomic E-state index is 0.0763. The van der Waals surface area contributed by atoms with Crippen molar-refractivity contribution >= 4 is 16.8 Å². The number of carbonyl (C=O) groups excluding carboxylic acids is 1. The first-order chi connectivity index (χ1) is 13.7. The molecule has 0 aliphatic heterocycles. The van der Waals surface area contributed by atoms with Gasteiger partial charge in [-0.15, -0.1) is 0 Å². The molecule has 0 bridgehead atoms. The van der Waals surface area contributed by atoms with Gasteiger partial charge in [-0.2, -0.15) is 10.1 Å². The van der Waals surface area contributed by atoms with Crippen molar-refractivity contribution in [2.45, 2.75) is 26.8 Å². The molecule has 1 amide bonds. The minimum Gasteiger partial charge on any atom is -0.355 e. The highest BCUT2D eigenvalue weighted by Crippen LogP contribution is 2.28. The van der Waals surface area contributed by atoms with Crippen LogP contribution in [-0.4, -0.2) is 32.4 Å². The third-order valence-corrected chi connectivity index (χ3v) is 4.43. The summed E-state index contributed by atoms with van der Waals surface area (Å²) in [6.45, 7) is 4.82. The predicted molar refractivity (Wildman–Crippen MR) is 106 cm³/mol. The molecule has 0 atom stereocenters. The lowest BCUT2D eigenvalue weighted by atomic mass is 10.1. The van der Waals surface area contributed by atoms with Crippen molar-refractivity contribution in [2.75, 3.05) is 6.54 Å². The molecule has 4 aromatic rings. The topological polar surface area (TPSA) is 85.8 Å². The van der Waals surface area contributed by atoms with Crippen LogP contribution in [0.2, 0.25) is 0 Å². The maximum absolute atomic E-state index is 12.2. The first-order valence-corrected chi connectivity index (χ1v) is 9.29. The van der Waals surface area contributed by atoms with Crippen molar-refractivity contribution in [3.63, 3.8) is 0 Å². The van der Waals surface area contributed by atoms with Crippen molar-refractivity contribution in [3.8, 4) is 23.0 Å². The summed E-state index contributed by atoms with van der Waals surface area (Å²) in [6, 6.07) is 15.6. The van der Waals surface area contributed by atoms with Crippen LogP contribution in [0.25, 0.3) is 33.9 Å². The summed E-state index contributed by atoms with van der Waals surface area (Å²) in [6.07, 6.45) is 0.889. The molecule has 0 saturated carbocycles. The standard InChI is InChI=1S/C21H21N5O2/c1-3-11-22-18(27)13-26-17-10-5-4-9-16(17)19(24-26)21-23-20(25-28-21)15-8-6-7-14(2)12-15/h4-10,12H,3,11,13H2,1-2H3,(H,22,27). The van der Waals surface area contributed by atoms with Gasteiger partial charge < -0.3 is 9.84 Å². The van der Waals surface area contributed by atoms with E-state index in [2.05, 4.69) is 20.6 Å². The Kier molecular flexibility index (Phi) is 4.89. The number of benzene rings is 2. The van der Waals surface area contributed by atoms with E-state index >= 15 is 0 Å². The van der Waals surface area contributed by atoms with Crippen LogP contribution in [0.5, 0.6) is 0 Å². The third-order valence-electron chi connectivity index (χ3n) is 4.43. The Labute approximate surface area is 162 Å². The normalized spacial score (nSPS) is 11.1. The molecule has 4 rings (SSSR count). The number of hydrogen-bond acceptors (Lipinski definition) is 5. The van der Waals surface area contributed by atoms with Crippen molar-refractivity contribution in [3.05, 3.63) is 54.1 Å². The molecule has 0 aliphatic rings. The lowest BCUT2D eigenvalue weighted by Crippen LogP contribution is -2.28. The lowest BCUT2D eigenvalue weighted by molar-refractivity contribution is -0.121. The fourth-order valence-electron chi connectivity index (χ4n) is 3.08. The lowest BCUT2D eigenvalue weighted by Gasteiger charge is -2.04. The zero-order valence-electron chi connectivity index (χ0n) is 15.8. The molecule has 2 heterocycles. The van der Waals surface area contributed by atoms with E-state index in [0.717, 1.165) is 28.5 Å². The van der Waals surface area contributed by atoms with E-state index in [0.29, 0.717) is 24.0 Å². The van der Waals surface area contributed by atoms with Crippen molar-refractivity contribution in [2.24, 2.45) is 0 Å². The number of hydrogen-bond donors (Lipinski definition) is 1. The quantitative estimate of drug-likeness (QED) is 0.557. The van der Waals surface area contributed by atoms with Crippen LogP contribution in [0.3, 0.4) is 0 Å². The maximum Gasteiger partial charge on any atom is 0.279 e. The molecule has 7 heteroatoms. The van der Waals surface area contributed by atoms with Gasteiger partial charge in [-0.3, -0.25) is 9.48 Å². The Bertz CT molecular complexity index is 1130. The van der Waals surface area contributed by atoms with Gasteiger partial charge in [0.2, 0.25) is 11.7 Å². The van der Waals surface area contributed by atoms with Gasteiger partial charge in [-0.25, -0.2) is 0 Å². The SMILES string of the molecule is CCCNC(=O)Cn1nc(-c2nc(-c3cccc(C)c3)no2)c2ccccc21. The third kappa shape index (κ3) is 3.51. The van der Waals surface area contributed by atoms with Crippen LogP contribution in [0.1, 0.15) is 18.9 Å². The van der Waals surface area contributed by atoms with Gasteiger partial charge >= 0.3 is 0 Å². The number of carbonyl (C=O) groups is 1. The minimum atomic E-state index is -0.0763. The first kappa shape index (κ1) is 17.9. The molecule has 28 heavy (non-hydrogen) atoms. The van der Waals surface area contributed by atoms with Gasteiger partial charge in [0.15, 0.2) is 5.69 Å². The molecule has 7 nitrogen and oxygen atoms in total. The molecule has 0 unspecified atom stereocenters. The molecule has 2 aromatic heterocycles. The number of rotatable bonds is 6. The number of nitrogens with zero attached hydrogens (tertiary/aromatic N) is 4. The monoisotopic (exact) mass is 375 g/mol. The summed E-state index contributed by atoms with van der Waals surface area (Å²) in [7, 11) is 0. The Morgan fingerprint density at radius 3 is 2.86 bits per heavy atom. The second-order valence-electron chi connectivity index (χ2n) is 6.67. The summed E-state index contributed by atoms with van der Waals surface area (Å²) >= 11 is 0. The van der Waals surface area contributed by atoms with Crippen LogP contribution in [0, 0.1) is 6.92 Å². The van der Waals surface area contributed by atoms with Crippen LogP contribution >= 0.6 is 0 Å². The average molecular weight is 375 g/mol. The Hall–Kier alpha value is -3.48. The number of aromatic nitrogens is 4. The summed E-state index contributed by atoms with van der Waals surface area (Å²) in [5.74, 6) is 0.770. The van der Waals surface area contributed by atoms with E-state index in [1.807, 2.05) is 62.4 Å². The highest BCUT2D eigenvalue weighted by atomic mass is 16.5. The van der Waals surface area contributed by atoms with Crippen molar-refractivity contribution in [1.82, 2.24) is 25.2 Å². The van der Waals surface area contributed by atoms with Gasteiger partial charge in [0.1, 0.15) is 6.54 Å². The molecule has 2 aromatic carbocycles. The average Bonchev–Trinajstić information content (AvgIpc) is 3.32. The van der Waals surface area contributed by atoms with Crippen LogP contribution < -0.4 is 5.32 Å². The Balaban J connectivity index is 1.70. The highest BCUT2D eigenvalue weighted by Gasteiger charge is 2.19. The fourth-order valence-corrected chi connectivity index (χ4v) is 3.08. The molecule has 142 valence electrons. The molecule has 0 spiro atoms. The van der Waals surface area contributed by atoms with Crippen LogP contribution in [-0.2, 0) is 11.3 Å². The molecule has 0 aliphatic carbocycles. The molecule has 0 fully saturated rings. The molecular formula is C21H21N5O2. The van der Waals surface area contributed by atoms with Gasteiger partial charge in [-0.1, -0.05) is 54.0 Å². The largest absolute Gasteiger partial charge is 0.355 e. The van der Waals surface area contributed by atoms with Crippen molar-refractivity contribution < 1.29 is 9.32 Å². The number of aryl methyl sites for hydroxylation is 1. The van der Waals surface area contributed by atoms with Gasteiger partial charge in [0, 0.05) is 17.5 Å². The molecule has 0 radical (unpaired) electrons. The number of fused-ring (bicyclic) bond motifs is 1. The van der Waals surface area contributed by atoms with Crippen LogP contribution in [0.15, 0.2) is 53.1 Å². The zero-order chi connectivity index (χ0) is 19.5. The second-order valence-corrected chi connectivity index (χ2v) is 6.67. The summed E-state index contributed by atoms with van der Waals surface area (Å²) in [5, 5.41) is 12.4. The van der Waals surface area contributed by atoms with Crippen LogP contribution in [0.4, 0.5) is 0 Å². The van der Waals surface area contributed by atoms with E-state index < -0.39 is 0 Å². The molecular weight excluding hydrogens is 354 g/mol. The van der Waals surface area contributed by atoms with E-state index in [9.17, 15) is 4.79 Å². The van der Waals surface area contributed by atoms with Gasteiger partial charge in [0.25, 0.3) is 5.89 Å². The first-order valence-electron chi connectivity index (χ1n) is 9.29. The smallest absolute Gasteiger partial charge is 0.279 e.